The van der Waals surface area contributed by atoms with Crippen LogP contribution in [0.1, 0.15) is 24.8 Å². The van der Waals surface area contributed by atoms with Gasteiger partial charge in [0.2, 0.25) is 5.91 Å². The fourth-order valence-corrected chi connectivity index (χ4v) is 2.68. The summed E-state index contributed by atoms with van der Waals surface area (Å²) in [6.45, 7) is 0.759. The van der Waals surface area contributed by atoms with Crippen molar-refractivity contribution in [3.05, 3.63) is 42.0 Å². The number of likely N-dealkylation sites (N-methyl/N-ethyl adjacent to an activating group) is 1. The van der Waals surface area contributed by atoms with Crippen LogP contribution in [-0.2, 0) is 10.3 Å². The zero-order valence-electron chi connectivity index (χ0n) is 13.1. The summed E-state index contributed by atoms with van der Waals surface area (Å²) in [5.74, 6) is 0.803. The Bertz CT molecular complexity index is 519. The third-order valence-electron chi connectivity index (χ3n) is 3.93. The lowest BCUT2D eigenvalue weighted by Crippen LogP contribution is -2.50. The maximum Gasteiger partial charge on any atom is 0.244 e. The summed E-state index contributed by atoms with van der Waals surface area (Å²) < 4.78 is 5.45. The molecule has 1 amide bonds. The molecule has 1 aliphatic carbocycles. The Morgan fingerprint density at radius 3 is 2.67 bits per heavy atom. The van der Waals surface area contributed by atoms with E-state index in [0.717, 1.165) is 37.1 Å². The SMILES string of the molecule is COc1ccccc1C1(NC(=O)/C=C/CN(C)C)CCC1. The van der Waals surface area contributed by atoms with E-state index in [9.17, 15) is 4.79 Å². The van der Waals surface area contributed by atoms with Crippen molar-refractivity contribution in [2.75, 3.05) is 27.7 Å². The number of amides is 1. The molecule has 0 spiro atoms. The van der Waals surface area contributed by atoms with Gasteiger partial charge < -0.3 is 15.0 Å². The van der Waals surface area contributed by atoms with E-state index < -0.39 is 0 Å². The third kappa shape index (κ3) is 3.64. The number of nitrogens with one attached hydrogen (secondary N) is 1. The van der Waals surface area contributed by atoms with E-state index in [1.165, 1.54) is 0 Å². The second kappa shape index (κ2) is 6.76. The number of hydrogen-bond donors (Lipinski definition) is 1. The van der Waals surface area contributed by atoms with Crippen LogP contribution in [0, 0.1) is 0 Å². The van der Waals surface area contributed by atoms with Crippen LogP contribution in [0.2, 0.25) is 0 Å². The maximum absolute atomic E-state index is 12.1. The molecule has 1 fully saturated rings. The molecule has 1 aliphatic rings. The standard InChI is InChI=1S/C17H24N2O2/c1-19(2)13-6-10-16(20)18-17(11-7-12-17)14-8-4-5-9-15(14)21-3/h4-6,8-10H,7,11-13H2,1-3H3,(H,18,20)/b10-6+. The summed E-state index contributed by atoms with van der Waals surface area (Å²) in [6.07, 6.45) is 6.54. The lowest BCUT2D eigenvalue weighted by atomic mass is 9.71. The number of methoxy groups -OCH3 is 1. The van der Waals surface area contributed by atoms with Crippen LogP contribution in [0.5, 0.6) is 5.75 Å². The molecule has 114 valence electrons. The van der Waals surface area contributed by atoms with Crippen LogP contribution >= 0.6 is 0 Å². The van der Waals surface area contributed by atoms with E-state index in [-0.39, 0.29) is 11.4 Å². The van der Waals surface area contributed by atoms with Crippen molar-refractivity contribution in [2.24, 2.45) is 0 Å². The zero-order valence-corrected chi connectivity index (χ0v) is 13.1. The highest BCUT2D eigenvalue weighted by Gasteiger charge is 2.41. The summed E-state index contributed by atoms with van der Waals surface area (Å²) in [5.41, 5.74) is 0.805. The van der Waals surface area contributed by atoms with Crippen molar-refractivity contribution in [3.8, 4) is 5.75 Å². The first-order valence-electron chi connectivity index (χ1n) is 7.34. The number of rotatable bonds is 6. The second-order valence-electron chi connectivity index (χ2n) is 5.79. The van der Waals surface area contributed by atoms with Crippen molar-refractivity contribution >= 4 is 5.91 Å². The molecule has 21 heavy (non-hydrogen) atoms. The van der Waals surface area contributed by atoms with Gasteiger partial charge in [-0.15, -0.1) is 0 Å². The molecule has 1 saturated carbocycles. The minimum atomic E-state index is -0.272. The molecule has 0 bridgehead atoms. The normalized spacial score (nSPS) is 16.8. The van der Waals surface area contributed by atoms with Crippen LogP contribution in [0.15, 0.2) is 36.4 Å². The summed E-state index contributed by atoms with van der Waals surface area (Å²) in [4.78, 5) is 14.2. The molecule has 2 rings (SSSR count). The van der Waals surface area contributed by atoms with Gasteiger partial charge in [-0.3, -0.25) is 4.79 Å². The van der Waals surface area contributed by atoms with Crippen molar-refractivity contribution in [1.82, 2.24) is 10.2 Å². The Balaban J connectivity index is 2.11. The average molecular weight is 288 g/mol. The maximum atomic E-state index is 12.1. The number of benzene rings is 1. The predicted octanol–water partition coefficient (Wildman–Crippen LogP) is 2.31. The quantitative estimate of drug-likeness (QED) is 0.817. The van der Waals surface area contributed by atoms with Gasteiger partial charge in [-0.25, -0.2) is 0 Å². The smallest absolute Gasteiger partial charge is 0.244 e. The van der Waals surface area contributed by atoms with E-state index in [0.29, 0.717) is 0 Å². The lowest BCUT2D eigenvalue weighted by Gasteiger charge is -2.43. The highest BCUT2D eigenvalue weighted by molar-refractivity contribution is 5.88. The topological polar surface area (TPSA) is 41.6 Å². The van der Waals surface area contributed by atoms with Crippen LogP contribution < -0.4 is 10.1 Å². The number of para-hydroxylation sites is 1. The molecule has 0 aliphatic heterocycles. The van der Waals surface area contributed by atoms with Gasteiger partial charge in [0.05, 0.1) is 12.6 Å². The van der Waals surface area contributed by atoms with Crippen LogP contribution in [-0.4, -0.2) is 38.6 Å². The Kier molecular flexibility index (Phi) is 5.02. The van der Waals surface area contributed by atoms with Gasteiger partial charge in [-0.2, -0.15) is 0 Å². The number of nitrogens with zero attached hydrogens (tertiary/aromatic N) is 1. The second-order valence-corrected chi connectivity index (χ2v) is 5.79. The first kappa shape index (κ1) is 15.6. The molecule has 0 radical (unpaired) electrons. The monoisotopic (exact) mass is 288 g/mol. The van der Waals surface area contributed by atoms with Crippen molar-refractivity contribution in [1.29, 1.82) is 0 Å². The van der Waals surface area contributed by atoms with Gasteiger partial charge in [0.15, 0.2) is 0 Å². The third-order valence-corrected chi connectivity index (χ3v) is 3.93. The number of carbonyl (C=O) groups excluding carboxylic acids is 1. The molecular weight excluding hydrogens is 264 g/mol. The van der Waals surface area contributed by atoms with Crippen molar-refractivity contribution < 1.29 is 9.53 Å². The largest absolute Gasteiger partial charge is 0.496 e. The molecule has 0 aromatic heterocycles. The van der Waals surface area contributed by atoms with Crippen LogP contribution in [0.3, 0.4) is 0 Å². The molecule has 4 nitrogen and oxygen atoms in total. The minimum Gasteiger partial charge on any atom is -0.496 e. The zero-order chi connectivity index (χ0) is 15.3. The van der Waals surface area contributed by atoms with Gasteiger partial charge in [0, 0.05) is 18.2 Å². The minimum absolute atomic E-state index is 0.0394. The highest BCUT2D eigenvalue weighted by Crippen LogP contribution is 2.44. The Morgan fingerprint density at radius 1 is 1.38 bits per heavy atom. The van der Waals surface area contributed by atoms with Gasteiger partial charge in [0.25, 0.3) is 0 Å². The molecule has 0 heterocycles. The van der Waals surface area contributed by atoms with Gasteiger partial charge in [-0.1, -0.05) is 24.3 Å². The fraction of sp³-hybridized carbons (Fsp3) is 0.471. The molecule has 1 aromatic carbocycles. The van der Waals surface area contributed by atoms with Crippen molar-refractivity contribution in [2.45, 2.75) is 24.8 Å². The summed E-state index contributed by atoms with van der Waals surface area (Å²) in [5, 5.41) is 3.17. The molecule has 0 atom stereocenters. The van der Waals surface area contributed by atoms with Crippen LogP contribution in [0.25, 0.3) is 0 Å². The van der Waals surface area contributed by atoms with Crippen molar-refractivity contribution in [3.63, 3.8) is 0 Å². The van der Waals surface area contributed by atoms with Gasteiger partial charge in [0.1, 0.15) is 5.75 Å². The van der Waals surface area contributed by atoms with Gasteiger partial charge >= 0.3 is 0 Å². The summed E-state index contributed by atoms with van der Waals surface area (Å²) in [6, 6.07) is 7.94. The van der Waals surface area contributed by atoms with E-state index in [1.807, 2.05) is 49.3 Å². The fourth-order valence-electron chi connectivity index (χ4n) is 2.68. The number of ether oxygens (including phenoxy) is 1. The molecule has 4 heteroatoms. The van der Waals surface area contributed by atoms with Crippen LogP contribution in [0.4, 0.5) is 0 Å². The van der Waals surface area contributed by atoms with E-state index in [4.69, 9.17) is 4.74 Å². The first-order chi connectivity index (χ1) is 10.1. The first-order valence-corrected chi connectivity index (χ1v) is 7.34. The highest BCUT2D eigenvalue weighted by atomic mass is 16.5. The molecule has 0 saturated heterocycles. The molecule has 1 N–H and O–H groups in total. The lowest BCUT2D eigenvalue weighted by molar-refractivity contribution is -0.119. The number of hydrogen-bond acceptors (Lipinski definition) is 3. The Morgan fingerprint density at radius 2 is 2.10 bits per heavy atom. The van der Waals surface area contributed by atoms with Gasteiger partial charge in [-0.05, 0) is 39.4 Å². The molecule has 1 aromatic rings. The van der Waals surface area contributed by atoms with E-state index in [1.54, 1.807) is 13.2 Å². The van der Waals surface area contributed by atoms with E-state index in [2.05, 4.69) is 5.32 Å². The predicted molar refractivity (Wildman–Crippen MR) is 84.4 cm³/mol. The molecular formula is C17H24N2O2. The average Bonchev–Trinajstić information content (AvgIpc) is 2.42. The summed E-state index contributed by atoms with van der Waals surface area (Å²) >= 11 is 0. The Labute approximate surface area is 126 Å². The summed E-state index contributed by atoms with van der Waals surface area (Å²) in [7, 11) is 5.62. The Hall–Kier alpha value is -1.81. The van der Waals surface area contributed by atoms with E-state index >= 15 is 0 Å². The molecule has 0 unspecified atom stereocenters. The number of carbonyl (C=O) groups is 1.